The fourth-order valence-electron chi connectivity index (χ4n) is 1.63. The summed E-state index contributed by atoms with van der Waals surface area (Å²) in [6.45, 7) is 3.91. The summed E-state index contributed by atoms with van der Waals surface area (Å²) in [5, 5.41) is 7.35. The maximum Gasteiger partial charge on any atom is 0.257 e. The Balaban J connectivity index is 1.94. The molecule has 2 rings (SSSR count). The molecule has 2 aromatic rings. The maximum atomic E-state index is 12.8. The molecule has 0 saturated carbocycles. The third-order valence-electron chi connectivity index (χ3n) is 2.66. The lowest BCUT2D eigenvalue weighted by Gasteiger charge is -2.01. The van der Waals surface area contributed by atoms with Gasteiger partial charge in [-0.1, -0.05) is 6.08 Å². The van der Waals surface area contributed by atoms with Crippen molar-refractivity contribution in [2.75, 3.05) is 11.9 Å². The molecule has 0 atom stereocenters. The Morgan fingerprint density at radius 2 is 2.05 bits per heavy atom. The lowest BCUT2D eigenvalue weighted by atomic mass is 10.2. The van der Waals surface area contributed by atoms with Crippen LogP contribution in [0.4, 0.5) is 9.52 Å². The number of amides is 2. The van der Waals surface area contributed by atoms with E-state index in [1.807, 2.05) is 0 Å². The zero-order valence-electron chi connectivity index (χ0n) is 11.6. The third kappa shape index (κ3) is 4.49. The van der Waals surface area contributed by atoms with Crippen LogP contribution in [0.3, 0.4) is 0 Å². The second-order valence-electron chi connectivity index (χ2n) is 4.37. The largest absolute Gasteiger partial charge is 0.352 e. The molecule has 5 nitrogen and oxygen atoms in total. The van der Waals surface area contributed by atoms with E-state index in [4.69, 9.17) is 0 Å². The van der Waals surface area contributed by atoms with Crippen molar-refractivity contribution in [2.45, 2.75) is 6.42 Å². The number of carbonyl (C=O) groups is 2. The predicted molar refractivity (Wildman–Crippen MR) is 83.4 cm³/mol. The molecule has 2 amide bonds. The molecule has 0 spiro atoms. The van der Waals surface area contributed by atoms with E-state index in [1.54, 1.807) is 11.5 Å². The highest BCUT2D eigenvalue weighted by atomic mass is 32.1. The number of rotatable bonds is 6. The molecular weight excluding hydrogens is 305 g/mol. The Morgan fingerprint density at radius 1 is 1.32 bits per heavy atom. The first-order valence-electron chi connectivity index (χ1n) is 6.47. The van der Waals surface area contributed by atoms with Gasteiger partial charge in [-0.15, -0.1) is 17.9 Å². The van der Waals surface area contributed by atoms with Crippen LogP contribution < -0.4 is 10.6 Å². The van der Waals surface area contributed by atoms with Gasteiger partial charge in [0.25, 0.3) is 5.91 Å². The number of halogens is 1. The Hall–Kier alpha value is -2.54. The van der Waals surface area contributed by atoms with E-state index >= 15 is 0 Å². The highest BCUT2D eigenvalue weighted by molar-refractivity contribution is 7.14. The molecule has 114 valence electrons. The summed E-state index contributed by atoms with van der Waals surface area (Å²) in [6.07, 6.45) is 1.73. The Labute approximate surface area is 130 Å². The van der Waals surface area contributed by atoms with Crippen molar-refractivity contribution in [1.82, 2.24) is 10.3 Å². The minimum atomic E-state index is -0.404. The quantitative estimate of drug-likeness (QED) is 0.803. The van der Waals surface area contributed by atoms with Crippen LogP contribution in [0.25, 0.3) is 0 Å². The highest BCUT2D eigenvalue weighted by Gasteiger charge is 2.11. The molecule has 0 radical (unpaired) electrons. The van der Waals surface area contributed by atoms with Crippen molar-refractivity contribution in [3.63, 3.8) is 0 Å². The molecule has 0 unspecified atom stereocenters. The average Bonchev–Trinajstić information content (AvgIpc) is 2.92. The first-order chi connectivity index (χ1) is 10.6. The van der Waals surface area contributed by atoms with Gasteiger partial charge in [0.15, 0.2) is 5.13 Å². The molecule has 0 aliphatic rings. The van der Waals surface area contributed by atoms with Gasteiger partial charge in [0, 0.05) is 17.5 Å². The van der Waals surface area contributed by atoms with Crippen LogP contribution in [0.15, 0.2) is 42.3 Å². The summed E-state index contributed by atoms with van der Waals surface area (Å²) in [5.74, 6) is -0.947. The zero-order valence-corrected chi connectivity index (χ0v) is 12.5. The molecular formula is C15H14FN3O2S. The van der Waals surface area contributed by atoms with E-state index in [0.29, 0.717) is 22.9 Å². The van der Waals surface area contributed by atoms with Crippen molar-refractivity contribution < 1.29 is 14.0 Å². The van der Waals surface area contributed by atoms with Gasteiger partial charge in [-0.3, -0.25) is 14.9 Å². The number of carbonyl (C=O) groups excluding carboxylic acids is 2. The first kappa shape index (κ1) is 15.8. The van der Waals surface area contributed by atoms with Crippen LogP contribution in [-0.4, -0.2) is 23.3 Å². The summed E-state index contributed by atoms with van der Waals surface area (Å²) < 4.78 is 12.8. The second kappa shape index (κ2) is 7.46. The van der Waals surface area contributed by atoms with E-state index in [0.717, 1.165) is 0 Å². The summed E-state index contributed by atoms with van der Waals surface area (Å²) in [4.78, 5) is 27.6. The highest BCUT2D eigenvalue weighted by Crippen LogP contribution is 2.17. The van der Waals surface area contributed by atoms with Crippen LogP contribution in [0, 0.1) is 5.82 Å². The van der Waals surface area contributed by atoms with Crippen LogP contribution >= 0.6 is 11.3 Å². The molecule has 22 heavy (non-hydrogen) atoms. The lowest BCUT2D eigenvalue weighted by molar-refractivity contribution is -0.120. The maximum absolute atomic E-state index is 12.8. The van der Waals surface area contributed by atoms with Gasteiger partial charge < -0.3 is 5.32 Å². The van der Waals surface area contributed by atoms with Gasteiger partial charge in [0.05, 0.1) is 12.1 Å². The summed E-state index contributed by atoms with van der Waals surface area (Å²) >= 11 is 1.22. The normalized spacial score (nSPS) is 10.0. The number of thiazole rings is 1. The number of nitrogens with one attached hydrogen (secondary N) is 2. The summed E-state index contributed by atoms with van der Waals surface area (Å²) in [6, 6.07) is 5.21. The van der Waals surface area contributed by atoms with Crippen LogP contribution in [0.5, 0.6) is 0 Å². The molecule has 2 N–H and O–H groups in total. The Bertz CT molecular complexity index is 682. The number of benzene rings is 1. The van der Waals surface area contributed by atoms with E-state index in [1.165, 1.54) is 35.6 Å². The minimum Gasteiger partial charge on any atom is -0.352 e. The first-order valence-corrected chi connectivity index (χ1v) is 7.35. The van der Waals surface area contributed by atoms with Gasteiger partial charge in [0.1, 0.15) is 5.82 Å². The standard InChI is InChI=1S/C15H14FN3O2S/c1-2-7-17-13(20)8-12-9-22-15(18-12)19-14(21)10-3-5-11(16)6-4-10/h2-6,9H,1,7-8H2,(H,17,20)(H,18,19,21). The monoisotopic (exact) mass is 319 g/mol. The van der Waals surface area contributed by atoms with E-state index in [2.05, 4.69) is 22.2 Å². The molecule has 0 aliphatic heterocycles. The van der Waals surface area contributed by atoms with Crippen LogP contribution in [0.1, 0.15) is 16.1 Å². The molecule has 0 saturated heterocycles. The average molecular weight is 319 g/mol. The molecule has 1 aromatic heterocycles. The van der Waals surface area contributed by atoms with Crippen LogP contribution in [0.2, 0.25) is 0 Å². The number of nitrogens with zero attached hydrogens (tertiary/aromatic N) is 1. The van der Waals surface area contributed by atoms with Crippen molar-refractivity contribution >= 4 is 28.3 Å². The van der Waals surface area contributed by atoms with E-state index in [-0.39, 0.29) is 18.2 Å². The summed E-state index contributed by atoms with van der Waals surface area (Å²) in [7, 11) is 0. The molecule has 1 aromatic carbocycles. The van der Waals surface area contributed by atoms with Crippen molar-refractivity contribution in [1.29, 1.82) is 0 Å². The van der Waals surface area contributed by atoms with E-state index in [9.17, 15) is 14.0 Å². The van der Waals surface area contributed by atoms with Gasteiger partial charge in [0.2, 0.25) is 5.91 Å². The fraction of sp³-hybridized carbons (Fsp3) is 0.133. The Kier molecular flexibility index (Phi) is 5.37. The van der Waals surface area contributed by atoms with Crippen molar-refractivity contribution in [3.05, 3.63) is 59.4 Å². The number of aromatic nitrogens is 1. The smallest absolute Gasteiger partial charge is 0.257 e. The SMILES string of the molecule is C=CCNC(=O)Cc1csc(NC(=O)c2ccc(F)cc2)n1. The molecule has 0 bridgehead atoms. The summed E-state index contributed by atoms with van der Waals surface area (Å²) in [5.41, 5.74) is 0.905. The molecule has 0 aliphatic carbocycles. The Morgan fingerprint density at radius 3 is 2.73 bits per heavy atom. The van der Waals surface area contributed by atoms with Gasteiger partial charge in [-0.05, 0) is 24.3 Å². The molecule has 0 fully saturated rings. The fourth-order valence-corrected chi connectivity index (χ4v) is 2.33. The lowest BCUT2D eigenvalue weighted by Crippen LogP contribution is -2.25. The van der Waals surface area contributed by atoms with Gasteiger partial charge >= 0.3 is 0 Å². The zero-order chi connectivity index (χ0) is 15.9. The predicted octanol–water partition coefficient (Wildman–Crippen LogP) is 2.38. The number of anilines is 1. The van der Waals surface area contributed by atoms with Gasteiger partial charge in [-0.2, -0.15) is 0 Å². The van der Waals surface area contributed by atoms with Gasteiger partial charge in [-0.25, -0.2) is 9.37 Å². The van der Waals surface area contributed by atoms with Crippen molar-refractivity contribution in [2.24, 2.45) is 0 Å². The molecule has 7 heteroatoms. The molecule has 1 heterocycles. The minimum absolute atomic E-state index is 0.136. The number of hydrogen-bond acceptors (Lipinski definition) is 4. The van der Waals surface area contributed by atoms with Crippen molar-refractivity contribution in [3.8, 4) is 0 Å². The topological polar surface area (TPSA) is 71.1 Å². The van der Waals surface area contributed by atoms with Crippen LogP contribution in [-0.2, 0) is 11.2 Å². The third-order valence-corrected chi connectivity index (χ3v) is 3.47. The number of hydrogen-bond donors (Lipinski definition) is 2. The second-order valence-corrected chi connectivity index (χ2v) is 5.23. The van der Waals surface area contributed by atoms with E-state index < -0.39 is 5.82 Å².